The fourth-order valence-corrected chi connectivity index (χ4v) is 2.17. The van der Waals surface area contributed by atoms with E-state index in [-0.39, 0.29) is 6.42 Å². The molecule has 2 nitrogen and oxygen atoms in total. The second-order valence-corrected chi connectivity index (χ2v) is 5.05. The van der Waals surface area contributed by atoms with E-state index in [0.29, 0.717) is 11.8 Å². The van der Waals surface area contributed by atoms with Crippen LogP contribution in [0.3, 0.4) is 0 Å². The van der Waals surface area contributed by atoms with Gasteiger partial charge in [0.15, 0.2) is 0 Å². The minimum atomic E-state index is -0.698. The van der Waals surface area contributed by atoms with Crippen molar-refractivity contribution in [2.45, 2.75) is 46.0 Å². The molecule has 0 saturated heterocycles. The van der Waals surface area contributed by atoms with E-state index in [9.17, 15) is 4.79 Å². The minimum Gasteiger partial charge on any atom is -0.481 e. The van der Waals surface area contributed by atoms with Crippen LogP contribution in [-0.2, 0) is 4.79 Å². The molecule has 0 amide bonds. The van der Waals surface area contributed by atoms with Gasteiger partial charge in [0.05, 0.1) is 0 Å². The van der Waals surface area contributed by atoms with Gasteiger partial charge in [-0.15, -0.1) is 0 Å². The summed E-state index contributed by atoms with van der Waals surface area (Å²) in [5.74, 6) is 0.317. The first-order valence-electron chi connectivity index (χ1n) is 6.29. The van der Waals surface area contributed by atoms with Gasteiger partial charge in [-0.05, 0) is 37.2 Å². The quantitative estimate of drug-likeness (QED) is 0.808. The van der Waals surface area contributed by atoms with Crippen LogP contribution in [0.15, 0.2) is 24.3 Å². The summed E-state index contributed by atoms with van der Waals surface area (Å²) in [5.41, 5.74) is 2.60. The summed E-state index contributed by atoms with van der Waals surface area (Å²) >= 11 is 0. The third kappa shape index (κ3) is 4.59. The fourth-order valence-electron chi connectivity index (χ4n) is 2.17. The van der Waals surface area contributed by atoms with Crippen LogP contribution in [0.1, 0.15) is 50.2 Å². The van der Waals surface area contributed by atoms with Crippen molar-refractivity contribution in [1.82, 2.24) is 0 Å². The Kier molecular flexibility index (Phi) is 5.20. The van der Waals surface area contributed by atoms with E-state index < -0.39 is 5.97 Å². The zero-order valence-corrected chi connectivity index (χ0v) is 10.9. The number of hydrogen-bond donors (Lipinski definition) is 1. The van der Waals surface area contributed by atoms with E-state index in [1.165, 1.54) is 11.1 Å². The Bertz CT molecular complexity index is 352. The van der Waals surface area contributed by atoms with Crippen molar-refractivity contribution in [2.75, 3.05) is 0 Å². The number of carbonyl (C=O) groups is 1. The van der Waals surface area contributed by atoms with Crippen molar-refractivity contribution in [2.24, 2.45) is 5.92 Å². The van der Waals surface area contributed by atoms with Gasteiger partial charge in [-0.25, -0.2) is 0 Å². The molecule has 94 valence electrons. The lowest BCUT2D eigenvalue weighted by atomic mass is 9.84. The summed E-state index contributed by atoms with van der Waals surface area (Å²) < 4.78 is 0. The molecule has 0 saturated carbocycles. The molecule has 0 aliphatic rings. The molecule has 1 unspecified atom stereocenters. The molecular weight excluding hydrogens is 212 g/mol. The Morgan fingerprint density at radius 2 is 1.82 bits per heavy atom. The molecule has 0 aromatic heterocycles. The molecule has 0 radical (unpaired) electrons. The van der Waals surface area contributed by atoms with Gasteiger partial charge in [0.2, 0.25) is 0 Å². The molecule has 17 heavy (non-hydrogen) atoms. The third-order valence-electron chi connectivity index (χ3n) is 3.22. The summed E-state index contributed by atoms with van der Waals surface area (Å²) in [6, 6.07) is 8.59. The highest BCUT2D eigenvalue weighted by Gasteiger charge is 2.15. The first-order valence-corrected chi connectivity index (χ1v) is 6.29. The SMILES string of the molecule is Cc1ccc(C(CCCC(=O)O)C(C)C)cc1. The number of benzene rings is 1. The lowest BCUT2D eigenvalue weighted by Crippen LogP contribution is -2.08. The molecule has 0 bridgehead atoms. The van der Waals surface area contributed by atoms with Crippen molar-refractivity contribution >= 4 is 5.97 Å². The van der Waals surface area contributed by atoms with Crippen LogP contribution in [0.4, 0.5) is 0 Å². The Balaban J connectivity index is 2.65. The van der Waals surface area contributed by atoms with E-state index in [2.05, 4.69) is 45.0 Å². The average molecular weight is 234 g/mol. The van der Waals surface area contributed by atoms with Gasteiger partial charge >= 0.3 is 5.97 Å². The summed E-state index contributed by atoms with van der Waals surface area (Å²) in [6.45, 7) is 6.48. The number of carboxylic acid groups (broad SMARTS) is 1. The molecule has 1 aromatic carbocycles. The molecule has 0 aliphatic carbocycles. The number of aliphatic carboxylic acids is 1. The predicted octanol–water partition coefficient (Wildman–Crippen LogP) is 3.99. The van der Waals surface area contributed by atoms with Crippen LogP contribution in [0.2, 0.25) is 0 Å². The van der Waals surface area contributed by atoms with E-state index in [4.69, 9.17) is 5.11 Å². The number of carboxylic acids is 1. The summed E-state index contributed by atoms with van der Waals surface area (Å²) in [5, 5.41) is 8.67. The van der Waals surface area contributed by atoms with Gasteiger partial charge in [0.1, 0.15) is 0 Å². The van der Waals surface area contributed by atoms with Gasteiger partial charge in [-0.3, -0.25) is 4.79 Å². The standard InChI is InChI=1S/C15H22O2/c1-11(2)14(5-4-6-15(16)17)13-9-7-12(3)8-10-13/h7-11,14H,4-6H2,1-3H3,(H,16,17). The lowest BCUT2D eigenvalue weighted by molar-refractivity contribution is -0.137. The van der Waals surface area contributed by atoms with Gasteiger partial charge in [0.25, 0.3) is 0 Å². The van der Waals surface area contributed by atoms with Gasteiger partial charge in [-0.2, -0.15) is 0 Å². The van der Waals surface area contributed by atoms with E-state index in [1.807, 2.05) is 0 Å². The topological polar surface area (TPSA) is 37.3 Å². The highest BCUT2D eigenvalue weighted by molar-refractivity contribution is 5.66. The van der Waals surface area contributed by atoms with Crippen molar-refractivity contribution in [1.29, 1.82) is 0 Å². The van der Waals surface area contributed by atoms with E-state index >= 15 is 0 Å². The normalized spacial score (nSPS) is 12.7. The Labute approximate surface area is 104 Å². The summed E-state index contributed by atoms with van der Waals surface area (Å²) in [6.07, 6.45) is 1.98. The molecule has 1 rings (SSSR count). The highest BCUT2D eigenvalue weighted by atomic mass is 16.4. The maximum absolute atomic E-state index is 10.5. The van der Waals surface area contributed by atoms with Crippen LogP contribution >= 0.6 is 0 Å². The molecule has 1 aromatic rings. The van der Waals surface area contributed by atoms with Crippen molar-refractivity contribution < 1.29 is 9.90 Å². The van der Waals surface area contributed by atoms with Gasteiger partial charge in [-0.1, -0.05) is 43.7 Å². The lowest BCUT2D eigenvalue weighted by Gasteiger charge is -2.21. The molecule has 1 atom stereocenters. The molecule has 0 fully saturated rings. The second kappa shape index (κ2) is 6.43. The smallest absolute Gasteiger partial charge is 0.303 e. The van der Waals surface area contributed by atoms with Crippen LogP contribution in [0, 0.1) is 12.8 Å². The zero-order chi connectivity index (χ0) is 12.8. The molecule has 0 heterocycles. The molecule has 0 aliphatic heterocycles. The third-order valence-corrected chi connectivity index (χ3v) is 3.22. The predicted molar refractivity (Wildman–Crippen MR) is 70.2 cm³/mol. The van der Waals surface area contributed by atoms with Crippen LogP contribution < -0.4 is 0 Å². The minimum absolute atomic E-state index is 0.273. The Morgan fingerprint density at radius 1 is 1.24 bits per heavy atom. The molecular formula is C15H22O2. The van der Waals surface area contributed by atoms with Crippen molar-refractivity contribution in [3.8, 4) is 0 Å². The number of aryl methyl sites for hydroxylation is 1. The molecule has 2 heteroatoms. The summed E-state index contributed by atoms with van der Waals surface area (Å²) in [7, 11) is 0. The largest absolute Gasteiger partial charge is 0.481 e. The Hall–Kier alpha value is -1.31. The monoisotopic (exact) mass is 234 g/mol. The van der Waals surface area contributed by atoms with Crippen LogP contribution in [0.25, 0.3) is 0 Å². The van der Waals surface area contributed by atoms with E-state index in [0.717, 1.165) is 12.8 Å². The maximum Gasteiger partial charge on any atom is 0.303 e. The van der Waals surface area contributed by atoms with Crippen molar-refractivity contribution in [3.05, 3.63) is 35.4 Å². The zero-order valence-electron chi connectivity index (χ0n) is 10.9. The van der Waals surface area contributed by atoms with Gasteiger partial charge < -0.3 is 5.11 Å². The van der Waals surface area contributed by atoms with Crippen molar-refractivity contribution in [3.63, 3.8) is 0 Å². The first-order chi connectivity index (χ1) is 8.00. The maximum atomic E-state index is 10.5. The average Bonchev–Trinajstić information content (AvgIpc) is 2.25. The van der Waals surface area contributed by atoms with Crippen LogP contribution in [0.5, 0.6) is 0 Å². The summed E-state index contributed by atoms with van der Waals surface area (Å²) in [4.78, 5) is 10.5. The number of hydrogen-bond acceptors (Lipinski definition) is 1. The van der Waals surface area contributed by atoms with Gasteiger partial charge in [0, 0.05) is 6.42 Å². The molecule has 1 N–H and O–H groups in total. The van der Waals surface area contributed by atoms with E-state index in [1.54, 1.807) is 0 Å². The first kappa shape index (κ1) is 13.8. The Morgan fingerprint density at radius 3 is 2.29 bits per heavy atom. The van der Waals surface area contributed by atoms with Crippen LogP contribution in [-0.4, -0.2) is 11.1 Å². The fraction of sp³-hybridized carbons (Fsp3) is 0.533. The molecule has 0 spiro atoms. The highest BCUT2D eigenvalue weighted by Crippen LogP contribution is 2.29. The number of rotatable bonds is 6. The second-order valence-electron chi connectivity index (χ2n) is 5.05.